The number of phenols is 1. The van der Waals surface area contributed by atoms with Crippen molar-refractivity contribution in [2.24, 2.45) is 0 Å². The van der Waals surface area contributed by atoms with Crippen LogP contribution < -0.4 is 5.32 Å². The van der Waals surface area contributed by atoms with E-state index in [1.807, 2.05) is 0 Å². The average molecular weight is 279 g/mol. The highest BCUT2D eigenvalue weighted by atomic mass is 19.1. The Hall–Kier alpha value is -2.43. The van der Waals surface area contributed by atoms with Gasteiger partial charge in [-0.2, -0.15) is 0 Å². The Morgan fingerprint density at radius 3 is 2.30 bits per heavy atom. The Labute approximate surface area is 114 Å². The number of aryl methyl sites for hydroxylation is 1. The number of benzene rings is 2. The van der Waals surface area contributed by atoms with E-state index in [-0.39, 0.29) is 11.4 Å². The lowest BCUT2D eigenvalue weighted by atomic mass is 10.1. The highest BCUT2D eigenvalue weighted by Crippen LogP contribution is 2.28. The third kappa shape index (κ3) is 2.77. The van der Waals surface area contributed by atoms with Crippen LogP contribution in [-0.2, 0) is 0 Å². The predicted molar refractivity (Wildman–Crippen MR) is 71.8 cm³/mol. The van der Waals surface area contributed by atoms with E-state index in [2.05, 4.69) is 11.9 Å². The molecule has 104 valence electrons. The minimum Gasteiger partial charge on any atom is -0.507 e. The van der Waals surface area contributed by atoms with Crippen LogP contribution in [0.4, 0.5) is 18.9 Å². The van der Waals surface area contributed by atoms with E-state index in [4.69, 9.17) is 0 Å². The summed E-state index contributed by atoms with van der Waals surface area (Å²) in [5, 5.41) is 12.1. The molecule has 0 radical (unpaired) electrons. The summed E-state index contributed by atoms with van der Waals surface area (Å²) in [6.45, 7) is 5.43. The van der Waals surface area contributed by atoms with Crippen LogP contribution in [0.15, 0.2) is 36.9 Å². The van der Waals surface area contributed by atoms with Crippen LogP contribution in [0.2, 0.25) is 0 Å². The first-order chi connectivity index (χ1) is 9.38. The molecule has 2 nitrogen and oxygen atoms in total. The van der Waals surface area contributed by atoms with E-state index < -0.39 is 23.1 Å². The van der Waals surface area contributed by atoms with Crippen LogP contribution in [0.25, 0.3) is 5.70 Å². The fourth-order valence-corrected chi connectivity index (χ4v) is 1.77. The molecule has 0 atom stereocenters. The van der Waals surface area contributed by atoms with Crippen LogP contribution in [0.1, 0.15) is 11.1 Å². The molecule has 0 amide bonds. The summed E-state index contributed by atoms with van der Waals surface area (Å²) in [5.41, 5.74) is 0.752. The molecule has 0 aliphatic rings. The van der Waals surface area contributed by atoms with Gasteiger partial charge in [-0.15, -0.1) is 0 Å². The Morgan fingerprint density at radius 1 is 1.10 bits per heavy atom. The molecular formula is C15H12F3NO. The molecule has 0 saturated heterocycles. The van der Waals surface area contributed by atoms with Gasteiger partial charge in [0.25, 0.3) is 0 Å². The highest BCUT2D eigenvalue weighted by molar-refractivity contribution is 5.78. The molecular weight excluding hydrogens is 267 g/mol. The second-order valence-electron chi connectivity index (χ2n) is 4.37. The minimum absolute atomic E-state index is 0.0731. The number of phenolic OH excluding ortho intramolecular Hbond substituents is 1. The van der Waals surface area contributed by atoms with Crippen molar-refractivity contribution < 1.29 is 18.3 Å². The van der Waals surface area contributed by atoms with Gasteiger partial charge >= 0.3 is 0 Å². The molecule has 0 bridgehead atoms. The van der Waals surface area contributed by atoms with E-state index in [0.717, 1.165) is 5.56 Å². The molecule has 0 spiro atoms. The van der Waals surface area contributed by atoms with Gasteiger partial charge in [-0.05, 0) is 19.1 Å². The molecule has 2 aromatic rings. The topological polar surface area (TPSA) is 32.3 Å². The standard InChI is InChI=1S/C15H12F3NO/c1-8-3-4-14(20)11(5-8)9(2)19-15-12(17)6-10(16)7-13(15)18/h3-7,19-20H,2H2,1H3. The molecule has 2 aromatic carbocycles. The van der Waals surface area contributed by atoms with E-state index >= 15 is 0 Å². The van der Waals surface area contributed by atoms with Gasteiger partial charge in [0.1, 0.15) is 17.3 Å². The van der Waals surface area contributed by atoms with Gasteiger partial charge in [0.2, 0.25) is 0 Å². The van der Waals surface area contributed by atoms with Gasteiger partial charge < -0.3 is 10.4 Å². The number of aromatic hydroxyl groups is 1. The molecule has 2 N–H and O–H groups in total. The lowest BCUT2D eigenvalue weighted by Gasteiger charge is -2.13. The molecule has 0 unspecified atom stereocenters. The third-order valence-electron chi connectivity index (χ3n) is 2.76. The van der Waals surface area contributed by atoms with Crippen LogP contribution in [-0.4, -0.2) is 5.11 Å². The van der Waals surface area contributed by atoms with Crippen LogP contribution in [0, 0.1) is 24.4 Å². The normalized spacial score (nSPS) is 10.4. The first-order valence-electron chi connectivity index (χ1n) is 5.79. The van der Waals surface area contributed by atoms with Crippen molar-refractivity contribution in [3.05, 3.63) is 65.5 Å². The van der Waals surface area contributed by atoms with Crippen molar-refractivity contribution in [1.29, 1.82) is 0 Å². The second-order valence-corrected chi connectivity index (χ2v) is 4.37. The zero-order valence-electron chi connectivity index (χ0n) is 10.7. The average Bonchev–Trinajstić information content (AvgIpc) is 2.36. The van der Waals surface area contributed by atoms with Gasteiger partial charge in [-0.3, -0.25) is 0 Å². The maximum absolute atomic E-state index is 13.5. The minimum atomic E-state index is -1.07. The van der Waals surface area contributed by atoms with Gasteiger partial charge in [-0.25, -0.2) is 13.2 Å². The molecule has 0 aromatic heterocycles. The molecule has 0 aliphatic carbocycles. The maximum atomic E-state index is 13.5. The second kappa shape index (κ2) is 5.28. The number of anilines is 1. The van der Waals surface area contributed by atoms with Gasteiger partial charge in [0, 0.05) is 23.4 Å². The molecule has 5 heteroatoms. The van der Waals surface area contributed by atoms with Crippen LogP contribution in [0.5, 0.6) is 5.75 Å². The van der Waals surface area contributed by atoms with E-state index in [1.54, 1.807) is 19.1 Å². The predicted octanol–water partition coefficient (Wildman–Crippen LogP) is 4.20. The Morgan fingerprint density at radius 2 is 1.70 bits per heavy atom. The largest absolute Gasteiger partial charge is 0.507 e. The lowest BCUT2D eigenvalue weighted by molar-refractivity contribution is 0.473. The fraction of sp³-hybridized carbons (Fsp3) is 0.0667. The maximum Gasteiger partial charge on any atom is 0.152 e. The summed E-state index contributed by atoms with van der Waals surface area (Å²) in [6.07, 6.45) is 0. The number of rotatable bonds is 3. The zero-order valence-corrected chi connectivity index (χ0v) is 10.7. The number of hydrogen-bond donors (Lipinski definition) is 2. The number of halogens is 3. The zero-order chi connectivity index (χ0) is 14.9. The van der Waals surface area contributed by atoms with Crippen molar-refractivity contribution in [3.63, 3.8) is 0 Å². The van der Waals surface area contributed by atoms with Crippen molar-refractivity contribution in [2.75, 3.05) is 5.32 Å². The Balaban J connectivity index is 2.35. The van der Waals surface area contributed by atoms with E-state index in [0.29, 0.717) is 17.7 Å². The summed E-state index contributed by atoms with van der Waals surface area (Å²) >= 11 is 0. The van der Waals surface area contributed by atoms with E-state index in [9.17, 15) is 18.3 Å². The van der Waals surface area contributed by atoms with Crippen LogP contribution >= 0.6 is 0 Å². The first kappa shape index (κ1) is 14.0. The SMILES string of the molecule is C=C(Nc1c(F)cc(F)cc1F)c1cc(C)ccc1O. The Kier molecular flexibility index (Phi) is 3.70. The monoisotopic (exact) mass is 279 g/mol. The Bertz CT molecular complexity index is 660. The first-order valence-corrected chi connectivity index (χ1v) is 5.79. The lowest BCUT2D eigenvalue weighted by Crippen LogP contribution is -2.03. The highest BCUT2D eigenvalue weighted by Gasteiger charge is 2.14. The fourth-order valence-electron chi connectivity index (χ4n) is 1.77. The quantitative estimate of drug-likeness (QED) is 0.882. The third-order valence-corrected chi connectivity index (χ3v) is 2.76. The smallest absolute Gasteiger partial charge is 0.152 e. The molecule has 20 heavy (non-hydrogen) atoms. The molecule has 0 aliphatic heterocycles. The van der Waals surface area contributed by atoms with E-state index in [1.165, 1.54) is 6.07 Å². The molecule has 0 saturated carbocycles. The van der Waals surface area contributed by atoms with Crippen molar-refractivity contribution in [2.45, 2.75) is 6.92 Å². The van der Waals surface area contributed by atoms with Gasteiger partial charge in [-0.1, -0.05) is 18.2 Å². The van der Waals surface area contributed by atoms with Gasteiger partial charge in [0.15, 0.2) is 11.6 Å². The molecule has 2 rings (SSSR count). The number of nitrogens with one attached hydrogen (secondary N) is 1. The summed E-state index contributed by atoms with van der Waals surface area (Å²) in [7, 11) is 0. The van der Waals surface area contributed by atoms with Crippen molar-refractivity contribution >= 4 is 11.4 Å². The summed E-state index contributed by atoms with van der Waals surface area (Å²) in [6, 6.07) is 5.88. The van der Waals surface area contributed by atoms with Crippen LogP contribution in [0.3, 0.4) is 0 Å². The summed E-state index contributed by atoms with van der Waals surface area (Å²) in [4.78, 5) is 0. The summed E-state index contributed by atoms with van der Waals surface area (Å²) < 4.78 is 39.9. The molecule has 0 fully saturated rings. The van der Waals surface area contributed by atoms with Crippen molar-refractivity contribution in [1.82, 2.24) is 0 Å². The van der Waals surface area contributed by atoms with Gasteiger partial charge in [0.05, 0.1) is 0 Å². The van der Waals surface area contributed by atoms with Crippen molar-refractivity contribution in [3.8, 4) is 5.75 Å². The number of hydrogen-bond acceptors (Lipinski definition) is 2. The molecule has 0 heterocycles. The summed E-state index contributed by atoms with van der Waals surface area (Å²) in [5.74, 6) is -3.22.